The SMILES string of the molecule is COC(=O)Nc1ccc(C(=O)OCC(O)CNCCOc2ccccc2OC)cc1. The van der Waals surface area contributed by atoms with Crippen molar-refractivity contribution in [1.82, 2.24) is 5.32 Å². The second-order valence-corrected chi connectivity index (χ2v) is 6.15. The van der Waals surface area contributed by atoms with Gasteiger partial charge in [-0.05, 0) is 36.4 Å². The lowest BCUT2D eigenvalue weighted by Crippen LogP contribution is -2.33. The van der Waals surface area contributed by atoms with Crippen molar-refractivity contribution >= 4 is 17.7 Å². The summed E-state index contributed by atoms with van der Waals surface area (Å²) in [6.07, 6.45) is -1.46. The molecule has 0 heterocycles. The summed E-state index contributed by atoms with van der Waals surface area (Å²) in [5.74, 6) is 0.723. The van der Waals surface area contributed by atoms with E-state index >= 15 is 0 Å². The molecule has 9 nitrogen and oxygen atoms in total. The van der Waals surface area contributed by atoms with Crippen LogP contribution in [0.15, 0.2) is 48.5 Å². The molecule has 30 heavy (non-hydrogen) atoms. The van der Waals surface area contributed by atoms with Crippen molar-refractivity contribution in [1.29, 1.82) is 0 Å². The molecule has 0 saturated heterocycles. The second kappa shape index (κ2) is 12.3. The quantitative estimate of drug-likeness (QED) is 0.375. The number of benzene rings is 2. The van der Waals surface area contributed by atoms with Crippen LogP contribution in [0, 0.1) is 0 Å². The number of anilines is 1. The molecule has 0 aliphatic carbocycles. The summed E-state index contributed by atoms with van der Waals surface area (Å²) in [5.41, 5.74) is 0.786. The summed E-state index contributed by atoms with van der Waals surface area (Å²) in [6, 6.07) is 13.4. The molecular formula is C21H26N2O7. The van der Waals surface area contributed by atoms with E-state index in [2.05, 4.69) is 15.4 Å². The van der Waals surface area contributed by atoms with Crippen LogP contribution in [-0.4, -0.2) is 63.8 Å². The summed E-state index contributed by atoms with van der Waals surface area (Å²) in [7, 11) is 2.83. The van der Waals surface area contributed by atoms with Gasteiger partial charge in [0, 0.05) is 18.8 Å². The maximum absolute atomic E-state index is 12.0. The summed E-state index contributed by atoms with van der Waals surface area (Å²) in [5, 5.41) is 15.5. The number of ether oxygens (including phenoxy) is 4. The average molecular weight is 418 g/mol. The van der Waals surface area contributed by atoms with Gasteiger partial charge in [-0.15, -0.1) is 0 Å². The largest absolute Gasteiger partial charge is 0.493 e. The Morgan fingerprint density at radius 3 is 2.40 bits per heavy atom. The molecule has 162 valence electrons. The van der Waals surface area contributed by atoms with Crippen molar-refractivity contribution in [2.75, 3.05) is 45.8 Å². The maximum Gasteiger partial charge on any atom is 0.411 e. The van der Waals surface area contributed by atoms with Gasteiger partial charge in [0.2, 0.25) is 0 Å². The lowest BCUT2D eigenvalue weighted by atomic mass is 10.2. The first-order chi connectivity index (χ1) is 14.5. The molecule has 0 saturated carbocycles. The van der Waals surface area contributed by atoms with Crippen LogP contribution in [-0.2, 0) is 9.47 Å². The van der Waals surface area contributed by atoms with E-state index in [0.29, 0.717) is 35.9 Å². The average Bonchev–Trinajstić information content (AvgIpc) is 2.77. The molecule has 0 bridgehead atoms. The highest BCUT2D eigenvalue weighted by Crippen LogP contribution is 2.25. The minimum Gasteiger partial charge on any atom is -0.493 e. The number of rotatable bonds is 11. The van der Waals surface area contributed by atoms with Gasteiger partial charge in [0.1, 0.15) is 19.3 Å². The number of hydrogen-bond acceptors (Lipinski definition) is 8. The number of hydrogen-bond donors (Lipinski definition) is 3. The third-order valence-corrected chi connectivity index (χ3v) is 3.94. The Morgan fingerprint density at radius 2 is 1.73 bits per heavy atom. The number of aliphatic hydroxyl groups is 1. The Kier molecular flexibility index (Phi) is 9.43. The molecule has 0 spiro atoms. The van der Waals surface area contributed by atoms with Crippen LogP contribution in [0.3, 0.4) is 0 Å². The third-order valence-electron chi connectivity index (χ3n) is 3.94. The topological polar surface area (TPSA) is 115 Å². The number of carbonyl (C=O) groups is 2. The zero-order valence-electron chi connectivity index (χ0n) is 16.9. The first kappa shape index (κ1) is 23.0. The van der Waals surface area contributed by atoms with E-state index in [9.17, 15) is 14.7 Å². The molecule has 3 N–H and O–H groups in total. The van der Waals surface area contributed by atoms with Crippen molar-refractivity contribution in [3.63, 3.8) is 0 Å². The van der Waals surface area contributed by atoms with Crippen LogP contribution >= 0.6 is 0 Å². The number of methoxy groups -OCH3 is 2. The molecule has 1 unspecified atom stereocenters. The molecule has 0 aromatic heterocycles. The maximum atomic E-state index is 12.0. The number of nitrogens with one attached hydrogen (secondary N) is 2. The van der Waals surface area contributed by atoms with Gasteiger partial charge in [0.15, 0.2) is 11.5 Å². The van der Waals surface area contributed by atoms with Gasteiger partial charge >= 0.3 is 12.1 Å². The predicted octanol–water partition coefficient (Wildman–Crippen LogP) is 2.06. The first-order valence-electron chi connectivity index (χ1n) is 9.30. The third kappa shape index (κ3) is 7.61. The zero-order chi connectivity index (χ0) is 21.8. The van der Waals surface area contributed by atoms with E-state index < -0.39 is 18.2 Å². The van der Waals surface area contributed by atoms with Crippen LogP contribution in [0.4, 0.5) is 10.5 Å². The van der Waals surface area contributed by atoms with Crippen LogP contribution in [0.2, 0.25) is 0 Å². The van der Waals surface area contributed by atoms with E-state index in [1.54, 1.807) is 19.2 Å². The van der Waals surface area contributed by atoms with Crippen molar-refractivity contribution in [3.05, 3.63) is 54.1 Å². The molecule has 0 aliphatic rings. The van der Waals surface area contributed by atoms with Gasteiger partial charge in [-0.1, -0.05) is 12.1 Å². The van der Waals surface area contributed by atoms with Crippen LogP contribution in [0.1, 0.15) is 10.4 Å². The molecule has 1 atom stereocenters. The smallest absolute Gasteiger partial charge is 0.411 e. The Labute approximate surface area is 174 Å². The van der Waals surface area contributed by atoms with Gasteiger partial charge in [-0.2, -0.15) is 0 Å². The van der Waals surface area contributed by atoms with Gasteiger partial charge in [0.25, 0.3) is 0 Å². The van der Waals surface area contributed by atoms with Crippen LogP contribution in [0.5, 0.6) is 11.5 Å². The van der Waals surface area contributed by atoms with Crippen molar-refractivity contribution in [3.8, 4) is 11.5 Å². The van der Waals surface area contributed by atoms with Gasteiger partial charge < -0.3 is 29.4 Å². The predicted molar refractivity (Wildman–Crippen MR) is 110 cm³/mol. The standard InChI is InChI=1S/C21H26N2O7/c1-27-18-5-3-4-6-19(18)29-12-11-22-13-17(24)14-30-20(25)15-7-9-16(10-8-15)23-21(26)28-2/h3-10,17,22,24H,11-14H2,1-2H3,(H,23,26). The number of esters is 1. The van der Waals surface area contributed by atoms with Gasteiger partial charge in [-0.3, -0.25) is 5.32 Å². The van der Waals surface area contributed by atoms with Crippen molar-refractivity contribution in [2.24, 2.45) is 0 Å². The molecule has 0 radical (unpaired) electrons. The highest BCUT2D eigenvalue weighted by Gasteiger charge is 2.11. The lowest BCUT2D eigenvalue weighted by Gasteiger charge is -2.14. The summed E-state index contributed by atoms with van der Waals surface area (Å²) in [4.78, 5) is 23.2. The Balaban J connectivity index is 1.63. The van der Waals surface area contributed by atoms with E-state index in [0.717, 1.165) is 0 Å². The Hall–Kier alpha value is -3.30. The van der Waals surface area contributed by atoms with Crippen LogP contribution < -0.4 is 20.1 Å². The monoisotopic (exact) mass is 418 g/mol. The molecule has 9 heteroatoms. The molecule has 2 aromatic rings. The minimum atomic E-state index is -0.861. The van der Waals surface area contributed by atoms with Gasteiger partial charge in [-0.25, -0.2) is 9.59 Å². The molecular weight excluding hydrogens is 392 g/mol. The fourth-order valence-corrected chi connectivity index (χ4v) is 2.41. The highest BCUT2D eigenvalue weighted by molar-refractivity contribution is 5.91. The highest BCUT2D eigenvalue weighted by atomic mass is 16.5. The van der Waals surface area contributed by atoms with E-state index in [1.807, 2.05) is 24.3 Å². The fourth-order valence-electron chi connectivity index (χ4n) is 2.41. The molecule has 0 aliphatic heterocycles. The number of aliphatic hydroxyl groups excluding tert-OH is 1. The van der Waals surface area contributed by atoms with E-state index in [-0.39, 0.29) is 13.2 Å². The number of amides is 1. The van der Waals surface area contributed by atoms with E-state index in [4.69, 9.17) is 14.2 Å². The molecule has 2 rings (SSSR count). The molecule has 0 fully saturated rings. The summed E-state index contributed by atoms with van der Waals surface area (Å²) in [6.45, 7) is 0.975. The Bertz CT molecular complexity index is 811. The molecule has 2 aromatic carbocycles. The summed E-state index contributed by atoms with van der Waals surface area (Å²) >= 11 is 0. The van der Waals surface area contributed by atoms with Crippen LogP contribution in [0.25, 0.3) is 0 Å². The van der Waals surface area contributed by atoms with E-state index in [1.165, 1.54) is 19.2 Å². The number of carbonyl (C=O) groups excluding carboxylic acids is 2. The Morgan fingerprint density at radius 1 is 1.03 bits per heavy atom. The molecule has 1 amide bonds. The summed E-state index contributed by atoms with van der Waals surface area (Å²) < 4.78 is 20.4. The van der Waals surface area contributed by atoms with Crippen molar-refractivity contribution < 1.29 is 33.6 Å². The fraction of sp³-hybridized carbons (Fsp3) is 0.333. The lowest BCUT2D eigenvalue weighted by molar-refractivity contribution is 0.0258. The van der Waals surface area contributed by atoms with Crippen molar-refractivity contribution in [2.45, 2.75) is 6.10 Å². The minimum absolute atomic E-state index is 0.151. The first-order valence-corrected chi connectivity index (χ1v) is 9.30. The van der Waals surface area contributed by atoms with Gasteiger partial charge in [0.05, 0.1) is 19.8 Å². The second-order valence-electron chi connectivity index (χ2n) is 6.15. The number of para-hydroxylation sites is 2. The zero-order valence-corrected chi connectivity index (χ0v) is 16.9. The normalized spacial score (nSPS) is 11.3.